The van der Waals surface area contributed by atoms with Crippen LogP contribution in [-0.4, -0.2) is 26.3 Å². The van der Waals surface area contributed by atoms with E-state index in [1.54, 1.807) is 10.9 Å². The van der Waals surface area contributed by atoms with E-state index in [0.717, 1.165) is 18.7 Å². The second-order valence-electron chi connectivity index (χ2n) is 5.47. The molecule has 0 saturated heterocycles. The second-order valence-corrected chi connectivity index (χ2v) is 5.47. The van der Waals surface area contributed by atoms with E-state index in [9.17, 15) is 4.79 Å². The molecule has 1 amide bonds. The van der Waals surface area contributed by atoms with E-state index in [2.05, 4.69) is 24.3 Å². The molecule has 0 fully saturated rings. The van der Waals surface area contributed by atoms with Crippen LogP contribution in [0.2, 0.25) is 0 Å². The maximum atomic E-state index is 12.4. The topological polar surface area (TPSA) is 51.9 Å². The molecule has 1 unspecified atom stereocenters. The summed E-state index contributed by atoms with van der Waals surface area (Å²) >= 11 is 0. The summed E-state index contributed by atoms with van der Waals surface area (Å²) in [6.07, 6.45) is 10.0. The van der Waals surface area contributed by atoms with Crippen LogP contribution >= 0.6 is 0 Å². The molecule has 0 spiro atoms. The molecule has 1 atom stereocenters. The van der Waals surface area contributed by atoms with Crippen LogP contribution in [0.4, 0.5) is 0 Å². The van der Waals surface area contributed by atoms with Gasteiger partial charge in [-0.15, -0.1) is 0 Å². The normalized spacial score (nSPS) is 12.3. The van der Waals surface area contributed by atoms with Crippen molar-refractivity contribution >= 4 is 5.91 Å². The molecule has 0 radical (unpaired) electrons. The minimum atomic E-state index is -0.0594. The Morgan fingerprint density at radius 1 is 1.33 bits per heavy atom. The van der Waals surface area contributed by atoms with Crippen molar-refractivity contribution in [2.24, 2.45) is 7.05 Å². The van der Waals surface area contributed by atoms with Crippen LogP contribution in [0.15, 0.2) is 30.7 Å². The van der Waals surface area contributed by atoms with Crippen molar-refractivity contribution in [3.63, 3.8) is 0 Å². The van der Waals surface area contributed by atoms with E-state index in [1.165, 1.54) is 12.8 Å². The van der Waals surface area contributed by atoms with Gasteiger partial charge in [0.15, 0.2) is 0 Å². The average Bonchev–Trinajstić information content (AvgIpc) is 3.07. The summed E-state index contributed by atoms with van der Waals surface area (Å²) in [4.78, 5) is 12.4. The first-order valence-corrected chi connectivity index (χ1v) is 7.59. The number of nitrogens with zero attached hydrogens (tertiary/aromatic N) is 3. The SMILES string of the molecule is CCCCCC(C)NC(=O)c1cnn(C)c1-n1cccc1. The molecule has 5 nitrogen and oxygen atoms in total. The van der Waals surface area contributed by atoms with Crippen molar-refractivity contribution in [1.29, 1.82) is 0 Å². The number of unbranched alkanes of at least 4 members (excludes halogenated alkanes) is 2. The zero-order valence-corrected chi connectivity index (χ0v) is 13.0. The third kappa shape index (κ3) is 3.74. The summed E-state index contributed by atoms with van der Waals surface area (Å²) in [5.74, 6) is 0.731. The predicted molar refractivity (Wildman–Crippen MR) is 83.6 cm³/mol. The van der Waals surface area contributed by atoms with Crippen LogP contribution in [0.25, 0.3) is 5.82 Å². The quantitative estimate of drug-likeness (QED) is 0.796. The molecule has 21 heavy (non-hydrogen) atoms. The largest absolute Gasteiger partial charge is 0.349 e. The van der Waals surface area contributed by atoms with E-state index in [-0.39, 0.29) is 11.9 Å². The summed E-state index contributed by atoms with van der Waals surface area (Å²) in [6.45, 7) is 4.24. The Kier molecular flexibility index (Phi) is 5.20. The van der Waals surface area contributed by atoms with Gasteiger partial charge in [-0.3, -0.25) is 9.48 Å². The maximum absolute atomic E-state index is 12.4. The fourth-order valence-corrected chi connectivity index (χ4v) is 2.45. The third-order valence-electron chi connectivity index (χ3n) is 3.62. The van der Waals surface area contributed by atoms with Crippen molar-refractivity contribution < 1.29 is 4.79 Å². The highest BCUT2D eigenvalue weighted by Crippen LogP contribution is 2.14. The molecule has 0 saturated carbocycles. The molecule has 2 heterocycles. The van der Waals surface area contributed by atoms with Gasteiger partial charge in [0.1, 0.15) is 11.4 Å². The van der Waals surface area contributed by atoms with Gasteiger partial charge in [-0.2, -0.15) is 5.10 Å². The molecule has 2 aromatic rings. The number of aryl methyl sites for hydroxylation is 1. The van der Waals surface area contributed by atoms with E-state index in [0.29, 0.717) is 5.56 Å². The molecule has 2 aromatic heterocycles. The van der Waals surface area contributed by atoms with Gasteiger partial charge in [0, 0.05) is 25.5 Å². The van der Waals surface area contributed by atoms with Gasteiger partial charge in [0.05, 0.1) is 6.20 Å². The summed E-state index contributed by atoms with van der Waals surface area (Å²) in [5, 5.41) is 7.28. The molecule has 5 heteroatoms. The Morgan fingerprint density at radius 3 is 2.71 bits per heavy atom. The van der Waals surface area contributed by atoms with E-state index in [1.807, 2.05) is 36.1 Å². The molecule has 0 bridgehead atoms. The number of hydrogen-bond donors (Lipinski definition) is 1. The van der Waals surface area contributed by atoms with Crippen molar-refractivity contribution in [1.82, 2.24) is 19.7 Å². The standard InChI is InChI=1S/C16H24N4O/c1-4-5-6-9-13(2)18-15(21)14-12-17-19(3)16(14)20-10-7-8-11-20/h7-8,10-13H,4-6,9H2,1-3H3,(H,18,21). The smallest absolute Gasteiger partial charge is 0.256 e. The average molecular weight is 288 g/mol. The summed E-state index contributed by atoms with van der Waals surface area (Å²) in [7, 11) is 1.84. The lowest BCUT2D eigenvalue weighted by Crippen LogP contribution is -2.33. The fraction of sp³-hybridized carbons (Fsp3) is 0.500. The Balaban J connectivity index is 2.07. The van der Waals surface area contributed by atoms with Gasteiger partial charge < -0.3 is 9.88 Å². The van der Waals surface area contributed by atoms with Gasteiger partial charge in [-0.1, -0.05) is 26.2 Å². The van der Waals surface area contributed by atoms with E-state index >= 15 is 0 Å². The van der Waals surface area contributed by atoms with Gasteiger partial charge in [0.25, 0.3) is 5.91 Å². The summed E-state index contributed by atoms with van der Waals surface area (Å²) < 4.78 is 3.63. The molecule has 0 aromatic carbocycles. The molecular formula is C16H24N4O. The monoisotopic (exact) mass is 288 g/mol. The molecule has 0 aliphatic rings. The molecule has 2 rings (SSSR count). The van der Waals surface area contributed by atoms with Crippen LogP contribution in [0.3, 0.4) is 0 Å². The molecule has 1 N–H and O–H groups in total. The van der Waals surface area contributed by atoms with Crippen LogP contribution in [0.1, 0.15) is 49.9 Å². The van der Waals surface area contributed by atoms with Crippen molar-refractivity contribution in [3.8, 4) is 5.82 Å². The Labute approximate surface area is 126 Å². The Bertz CT molecular complexity index is 571. The summed E-state index contributed by atoms with van der Waals surface area (Å²) in [5.41, 5.74) is 0.607. The van der Waals surface area contributed by atoms with Crippen molar-refractivity contribution in [2.75, 3.05) is 0 Å². The molecular weight excluding hydrogens is 264 g/mol. The fourth-order valence-electron chi connectivity index (χ4n) is 2.45. The van der Waals surface area contributed by atoms with Crippen LogP contribution in [-0.2, 0) is 7.05 Å². The van der Waals surface area contributed by atoms with Crippen molar-refractivity contribution in [2.45, 2.75) is 45.6 Å². The van der Waals surface area contributed by atoms with Crippen LogP contribution in [0.5, 0.6) is 0 Å². The number of rotatable bonds is 7. The molecule has 0 aliphatic heterocycles. The van der Waals surface area contributed by atoms with Crippen molar-refractivity contribution in [3.05, 3.63) is 36.3 Å². The Hall–Kier alpha value is -2.04. The number of aromatic nitrogens is 3. The molecule has 0 aliphatic carbocycles. The number of hydrogen-bond acceptors (Lipinski definition) is 2. The van der Waals surface area contributed by atoms with Crippen LogP contribution in [0, 0.1) is 0 Å². The van der Waals surface area contributed by atoms with Gasteiger partial charge >= 0.3 is 0 Å². The number of nitrogens with one attached hydrogen (secondary N) is 1. The third-order valence-corrected chi connectivity index (χ3v) is 3.62. The zero-order chi connectivity index (χ0) is 15.2. The first-order chi connectivity index (χ1) is 10.1. The lowest BCUT2D eigenvalue weighted by Gasteiger charge is -2.14. The van der Waals surface area contributed by atoms with E-state index < -0.39 is 0 Å². The number of carbonyl (C=O) groups excluding carboxylic acids is 1. The van der Waals surface area contributed by atoms with Gasteiger partial charge in [-0.05, 0) is 25.5 Å². The van der Waals surface area contributed by atoms with Crippen LogP contribution < -0.4 is 5.32 Å². The summed E-state index contributed by atoms with van der Waals surface area (Å²) in [6, 6.07) is 4.05. The van der Waals surface area contributed by atoms with Gasteiger partial charge in [-0.25, -0.2) is 0 Å². The predicted octanol–water partition coefficient (Wildman–Crippen LogP) is 2.91. The first-order valence-electron chi connectivity index (χ1n) is 7.59. The lowest BCUT2D eigenvalue weighted by molar-refractivity contribution is 0.0938. The number of amides is 1. The highest BCUT2D eigenvalue weighted by Gasteiger charge is 2.18. The lowest BCUT2D eigenvalue weighted by atomic mass is 10.1. The second kappa shape index (κ2) is 7.11. The highest BCUT2D eigenvalue weighted by atomic mass is 16.1. The van der Waals surface area contributed by atoms with E-state index in [4.69, 9.17) is 0 Å². The zero-order valence-electron chi connectivity index (χ0n) is 13.0. The maximum Gasteiger partial charge on any atom is 0.256 e. The first kappa shape index (κ1) is 15.4. The molecule has 114 valence electrons. The minimum absolute atomic E-state index is 0.0594. The van der Waals surface area contributed by atoms with Gasteiger partial charge in [0.2, 0.25) is 0 Å². The highest BCUT2D eigenvalue weighted by molar-refractivity contribution is 5.97. The minimum Gasteiger partial charge on any atom is -0.349 e. The number of carbonyl (C=O) groups is 1. The Morgan fingerprint density at radius 2 is 2.05 bits per heavy atom.